The molecule has 1 N–H and O–H groups in total. The molecule has 0 aliphatic heterocycles. The number of unbranched alkanes of at least 4 members (excludes halogenated alkanes) is 1. The van der Waals surface area contributed by atoms with Gasteiger partial charge >= 0.3 is 7.82 Å². The summed E-state index contributed by atoms with van der Waals surface area (Å²) in [6.45, 7) is 4.15. The molecule has 0 saturated heterocycles. The molecule has 0 aliphatic carbocycles. The van der Waals surface area contributed by atoms with Crippen molar-refractivity contribution >= 4 is 7.82 Å². The van der Waals surface area contributed by atoms with Crippen LogP contribution in [0, 0.1) is 0 Å². The molecule has 1 rings (SSSR count). The van der Waals surface area contributed by atoms with Crippen LogP contribution in [0.15, 0.2) is 30.3 Å². The molecule has 0 amide bonds. The Labute approximate surface area is 126 Å². The van der Waals surface area contributed by atoms with Gasteiger partial charge in [0.25, 0.3) is 0 Å². The lowest BCUT2D eigenvalue weighted by molar-refractivity contribution is 0.0777. The van der Waals surface area contributed by atoms with Crippen molar-refractivity contribution in [1.29, 1.82) is 0 Å². The van der Waals surface area contributed by atoms with Crippen molar-refractivity contribution < 1.29 is 23.2 Å². The first-order valence-electron chi connectivity index (χ1n) is 7.38. The summed E-state index contributed by atoms with van der Waals surface area (Å²) in [5.74, 6) is 0. The van der Waals surface area contributed by atoms with Gasteiger partial charge in [-0.3, -0.25) is 13.6 Å². The Hall–Kier alpha value is -0.710. The van der Waals surface area contributed by atoms with Crippen LogP contribution in [0.25, 0.3) is 0 Å². The Balaban J connectivity index is 2.82. The SMILES string of the molecule is CCOP(=O)(OCC)OC(CCCCO)c1ccccc1. The van der Waals surface area contributed by atoms with Crippen molar-refractivity contribution in [2.75, 3.05) is 19.8 Å². The predicted octanol–water partition coefficient (Wildman–Crippen LogP) is 4.09. The minimum atomic E-state index is -3.55. The van der Waals surface area contributed by atoms with E-state index in [1.54, 1.807) is 13.8 Å². The van der Waals surface area contributed by atoms with Gasteiger partial charge in [-0.15, -0.1) is 0 Å². The highest BCUT2D eigenvalue weighted by Gasteiger charge is 2.30. The average Bonchev–Trinajstić information content (AvgIpc) is 2.48. The number of benzene rings is 1. The molecule has 0 heterocycles. The Bertz CT molecular complexity index is 413. The van der Waals surface area contributed by atoms with Gasteiger partial charge in [0.2, 0.25) is 0 Å². The van der Waals surface area contributed by atoms with E-state index in [0.717, 1.165) is 12.0 Å². The molecule has 1 unspecified atom stereocenters. The van der Waals surface area contributed by atoms with Crippen molar-refractivity contribution in [1.82, 2.24) is 0 Å². The zero-order chi connectivity index (χ0) is 15.6. The predicted molar refractivity (Wildman–Crippen MR) is 82.1 cm³/mol. The maximum absolute atomic E-state index is 12.5. The summed E-state index contributed by atoms with van der Waals surface area (Å²) in [6, 6.07) is 9.57. The summed E-state index contributed by atoms with van der Waals surface area (Å²) in [5, 5.41) is 8.91. The number of rotatable bonds is 11. The van der Waals surface area contributed by atoms with Gasteiger partial charge in [0.15, 0.2) is 0 Å². The normalized spacial score (nSPS) is 13.3. The number of phosphoric ester groups is 1. The monoisotopic (exact) mass is 316 g/mol. The van der Waals surface area contributed by atoms with E-state index in [9.17, 15) is 4.57 Å². The highest BCUT2D eigenvalue weighted by atomic mass is 31.2. The number of hydrogen-bond acceptors (Lipinski definition) is 5. The van der Waals surface area contributed by atoms with Gasteiger partial charge in [-0.05, 0) is 38.7 Å². The molecule has 1 aromatic carbocycles. The molecule has 120 valence electrons. The van der Waals surface area contributed by atoms with Crippen LogP contribution in [0.4, 0.5) is 0 Å². The van der Waals surface area contributed by atoms with Crippen molar-refractivity contribution in [2.45, 2.75) is 39.2 Å². The number of phosphoric acid groups is 1. The van der Waals surface area contributed by atoms with E-state index >= 15 is 0 Å². The van der Waals surface area contributed by atoms with Crippen LogP contribution in [-0.4, -0.2) is 24.9 Å². The molecule has 0 aromatic heterocycles. The average molecular weight is 316 g/mol. The Morgan fingerprint density at radius 3 is 2.24 bits per heavy atom. The van der Waals surface area contributed by atoms with Crippen LogP contribution in [0.2, 0.25) is 0 Å². The molecule has 1 aromatic rings. The summed E-state index contributed by atoms with van der Waals surface area (Å²) in [4.78, 5) is 0. The Morgan fingerprint density at radius 2 is 1.71 bits per heavy atom. The van der Waals surface area contributed by atoms with Gasteiger partial charge in [-0.25, -0.2) is 4.57 Å². The highest BCUT2D eigenvalue weighted by molar-refractivity contribution is 7.48. The van der Waals surface area contributed by atoms with Crippen LogP contribution < -0.4 is 0 Å². The molecular weight excluding hydrogens is 291 g/mol. The van der Waals surface area contributed by atoms with Gasteiger partial charge in [0.1, 0.15) is 0 Å². The van der Waals surface area contributed by atoms with Crippen LogP contribution >= 0.6 is 7.82 Å². The highest BCUT2D eigenvalue weighted by Crippen LogP contribution is 2.53. The van der Waals surface area contributed by atoms with Crippen molar-refractivity contribution in [2.24, 2.45) is 0 Å². The largest absolute Gasteiger partial charge is 0.475 e. The van der Waals surface area contributed by atoms with E-state index in [1.807, 2.05) is 30.3 Å². The van der Waals surface area contributed by atoms with Crippen LogP contribution in [-0.2, 0) is 18.1 Å². The third-order valence-corrected chi connectivity index (χ3v) is 4.54. The zero-order valence-electron chi connectivity index (χ0n) is 12.7. The third-order valence-electron chi connectivity index (χ3n) is 2.88. The van der Waals surface area contributed by atoms with E-state index in [-0.39, 0.29) is 25.9 Å². The summed E-state index contributed by atoms with van der Waals surface area (Å²) in [6.07, 6.45) is 1.73. The fraction of sp³-hybridized carbons (Fsp3) is 0.600. The topological polar surface area (TPSA) is 65.0 Å². The van der Waals surface area contributed by atoms with E-state index in [4.69, 9.17) is 18.7 Å². The summed E-state index contributed by atoms with van der Waals surface area (Å²) in [7, 11) is -3.55. The molecule has 0 bridgehead atoms. The first-order valence-corrected chi connectivity index (χ1v) is 8.84. The van der Waals surface area contributed by atoms with Crippen molar-refractivity contribution in [3.63, 3.8) is 0 Å². The van der Waals surface area contributed by atoms with Crippen LogP contribution in [0.5, 0.6) is 0 Å². The molecule has 0 aliphatic rings. The second kappa shape index (κ2) is 10.1. The zero-order valence-corrected chi connectivity index (χ0v) is 13.6. The van der Waals surface area contributed by atoms with Crippen molar-refractivity contribution in [3.05, 3.63) is 35.9 Å². The number of aliphatic hydroxyl groups excluding tert-OH is 1. The molecule has 21 heavy (non-hydrogen) atoms. The van der Waals surface area contributed by atoms with Gasteiger partial charge in [-0.1, -0.05) is 30.3 Å². The minimum Gasteiger partial charge on any atom is -0.396 e. The van der Waals surface area contributed by atoms with Gasteiger partial charge in [-0.2, -0.15) is 0 Å². The summed E-state index contributed by atoms with van der Waals surface area (Å²) < 4.78 is 28.6. The number of hydrogen-bond donors (Lipinski definition) is 1. The lowest BCUT2D eigenvalue weighted by Gasteiger charge is -2.23. The fourth-order valence-corrected chi connectivity index (χ4v) is 3.33. The molecule has 0 radical (unpaired) electrons. The molecule has 6 heteroatoms. The maximum Gasteiger partial charge on any atom is 0.475 e. The van der Waals surface area contributed by atoms with Crippen molar-refractivity contribution in [3.8, 4) is 0 Å². The maximum atomic E-state index is 12.5. The minimum absolute atomic E-state index is 0.135. The van der Waals surface area contributed by atoms with Gasteiger partial charge in [0, 0.05) is 6.61 Å². The van der Waals surface area contributed by atoms with E-state index in [2.05, 4.69) is 0 Å². The quantitative estimate of drug-likeness (QED) is 0.492. The van der Waals surface area contributed by atoms with E-state index in [0.29, 0.717) is 12.8 Å². The first-order chi connectivity index (χ1) is 10.1. The second-order valence-electron chi connectivity index (χ2n) is 4.51. The van der Waals surface area contributed by atoms with E-state index < -0.39 is 7.82 Å². The van der Waals surface area contributed by atoms with Crippen LogP contribution in [0.3, 0.4) is 0 Å². The third kappa shape index (κ3) is 6.72. The number of aliphatic hydroxyl groups is 1. The Morgan fingerprint density at radius 1 is 1.10 bits per heavy atom. The standard InChI is InChI=1S/C15H25O5P/c1-3-18-21(17,19-4-2)20-15(12-8-9-13-16)14-10-6-5-7-11-14/h5-7,10-11,15-16H,3-4,8-9,12-13H2,1-2H3. The molecule has 0 saturated carbocycles. The molecule has 1 atom stereocenters. The smallest absolute Gasteiger partial charge is 0.396 e. The van der Waals surface area contributed by atoms with E-state index in [1.165, 1.54) is 0 Å². The fourth-order valence-electron chi connectivity index (χ4n) is 1.96. The molecule has 5 nitrogen and oxygen atoms in total. The Kier molecular flexibility index (Phi) is 8.81. The molecule has 0 spiro atoms. The van der Waals surface area contributed by atoms with Crippen LogP contribution in [0.1, 0.15) is 44.8 Å². The summed E-state index contributed by atoms with van der Waals surface area (Å²) in [5.41, 5.74) is 0.926. The molecule has 0 fully saturated rings. The second-order valence-corrected chi connectivity index (χ2v) is 6.13. The van der Waals surface area contributed by atoms with Gasteiger partial charge < -0.3 is 5.11 Å². The molecular formula is C15H25O5P. The lowest BCUT2D eigenvalue weighted by Crippen LogP contribution is -2.07. The lowest BCUT2D eigenvalue weighted by atomic mass is 10.0. The van der Waals surface area contributed by atoms with Gasteiger partial charge in [0.05, 0.1) is 19.3 Å². The first kappa shape index (κ1) is 18.3. The summed E-state index contributed by atoms with van der Waals surface area (Å²) >= 11 is 0.